The maximum absolute atomic E-state index is 13.3. The van der Waals surface area contributed by atoms with Crippen molar-refractivity contribution in [1.82, 2.24) is 0 Å². The second-order valence-electron chi connectivity index (χ2n) is 2.44. The molecule has 0 atom stereocenters. The lowest BCUT2D eigenvalue weighted by Crippen LogP contribution is -2.07. The van der Waals surface area contributed by atoms with Gasteiger partial charge in [-0.2, -0.15) is 0 Å². The molecule has 0 fully saturated rings. The Hall–Kier alpha value is -0.800. The van der Waals surface area contributed by atoms with Crippen molar-refractivity contribution in [2.45, 2.75) is 6.92 Å². The number of carbonyl (C=O) groups is 1. The molecule has 0 heterocycles. The van der Waals surface area contributed by atoms with Gasteiger partial charge in [0.25, 0.3) is 0 Å². The minimum atomic E-state index is -0.849. The van der Waals surface area contributed by atoms with Gasteiger partial charge in [0, 0.05) is 0 Å². The van der Waals surface area contributed by atoms with Crippen LogP contribution in [-0.4, -0.2) is 12.6 Å². The van der Waals surface area contributed by atoms with Crippen LogP contribution in [0.1, 0.15) is 17.3 Å². The van der Waals surface area contributed by atoms with Crippen LogP contribution in [0.3, 0.4) is 0 Å². The molecule has 0 aliphatic heterocycles. The van der Waals surface area contributed by atoms with Gasteiger partial charge < -0.3 is 4.74 Å². The molecule has 0 amide bonds. The lowest BCUT2D eigenvalue weighted by atomic mass is 10.2. The Balaban J connectivity index is 3.11. The lowest BCUT2D eigenvalue weighted by molar-refractivity contribution is 0.0521. The third-order valence-electron chi connectivity index (χ3n) is 1.53. The van der Waals surface area contributed by atoms with Crippen LogP contribution in [-0.2, 0) is 4.74 Å². The molecular weight excluding hydrogens is 230 g/mol. The van der Waals surface area contributed by atoms with E-state index in [1.54, 1.807) is 6.92 Å². The van der Waals surface area contributed by atoms with E-state index in [9.17, 15) is 9.18 Å². The second kappa shape index (κ2) is 4.62. The van der Waals surface area contributed by atoms with Crippen LogP contribution in [0.5, 0.6) is 0 Å². The van der Waals surface area contributed by atoms with E-state index in [-0.39, 0.29) is 22.2 Å². The van der Waals surface area contributed by atoms with Crippen LogP contribution in [0.2, 0.25) is 10.0 Å². The zero-order valence-corrected chi connectivity index (χ0v) is 8.82. The number of carbonyl (C=O) groups excluding carboxylic acids is 1. The first-order valence-electron chi connectivity index (χ1n) is 3.88. The highest BCUT2D eigenvalue weighted by Gasteiger charge is 2.17. The van der Waals surface area contributed by atoms with Crippen molar-refractivity contribution >= 4 is 29.2 Å². The van der Waals surface area contributed by atoms with E-state index in [1.807, 2.05) is 0 Å². The molecule has 2 nitrogen and oxygen atoms in total. The van der Waals surface area contributed by atoms with Gasteiger partial charge in [0.1, 0.15) is 0 Å². The SMILES string of the molecule is CCOC(=O)c1ccc(Cl)c(Cl)c1F. The number of ether oxygens (including phenoxy) is 1. The van der Waals surface area contributed by atoms with E-state index in [0.717, 1.165) is 0 Å². The quantitative estimate of drug-likeness (QED) is 0.582. The number of hydrogen-bond acceptors (Lipinski definition) is 2. The minimum absolute atomic E-state index is 0.0669. The summed E-state index contributed by atoms with van der Waals surface area (Å²) in [7, 11) is 0. The van der Waals surface area contributed by atoms with Crippen LogP contribution >= 0.6 is 23.2 Å². The molecule has 0 N–H and O–H groups in total. The highest BCUT2D eigenvalue weighted by Crippen LogP contribution is 2.27. The van der Waals surface area contributed by atoms with Crippen molar-refractivity contribution in [3.8, 4) is 0 Å². The first-order chi connectivity index (χ1) is 6.57. The molecule has 0 saturated heterocycles. The fourth-order valence-corrected chi connectivity index (χ4v) is 1.20. The summed E-state index contributed by atoms with van der Waals surface area (Å²) in [6.45, 7) is 1.81. The van der Waals surface area contributed by atoms with Gasteiger partial charge in [0.15, 0.2) is 5.82 Å². The molecule has 5 heteroatoms. The monoisotopic (exact) mass is 236 g/mol. The molecule has 0 radical (unpaired) electrons. The molecule has 76 valence electrons. The Labute approximate surface area is 90.6 Å². The summed E-state index contributed by atoms with van der Waals surface area (Å²) in [6.07, 6.45) is 0. The van der Waals surface area contributed by atoms with Crippen LogP contribution in [0.25, 0.3) is 0 Å². The van der Waals surface area contributed by atoms with Gasteiger partial charge in [-0.15, -0.1) is 0 Å². The molecule has 0 bridgehead atoms. The van der Waals surface area contributed by atoms with Crippen LogP contribution in [0.15, 0.2) is 12.1 Å². The molecular formula is C9H7Cl2FO2. The first kappa shape index (κ1) is 11.3. The fourth-order valence-electron chi connectivity index (χ4n) is 0.892. The Morgan fingerprint density at radius 1 is 1.50 bits per heavy atom. The number of rotatable bonds is 2. The number of hydrogen-bond donors (Lipinski definition) is 0. The molecule has 1 rings (SSSR count). The molecule has 0 aromatic heterocycles. The largest absolute Gasteiger partial charge is 0.462 e. The van der Waals surface area contributed by atoms with Gasteiger partial charge in [-0.3, -0.25) is 0 Å². The molecule has 0 saturated carbocycles. The number of esters is 1. The predicted molar refractivity (Wildman–Crippen MR) is 52.4 cm³/mol. The lowest BCUT2D eigenvalue weighted by Gasteiger charge is -2.04. The van der Waals surface area contributed by atoms with E-state index < -0.39 is 11.8 Å². The molecule has 0 aliphatic rings. The van der Waals surface area contributed by atoms with E-state index >= 15 is 0 Å². The summed E-state index contributed by atoms with van der Waals surface area (Å²) in [5.74, 6) is -1.60. The Kier molecular flexibility index (Phi) is 3.72. The van der Waals surface area contributed by atoms with Crippen molar-refractivity contribution in [3.05, 3.63) is 33.6 Å². The Bertz CT molecular complexity index is 366. The summed E-state index contributed by atoms with van der Waals surface area (Å²) in [6, 6.07) is 2.58. The third-order valence-corrected chi connectivity index (χ3v) is 2.31. The van der Waals surface area contributed by atoms with Crippen LogP contribution in [0, 0.1) is 5.82 Å². The van der Waals surface area contributed by atoms with Gasteiger partial charge >= 0.3 is 5.97 Å². The Morgan fingerprint density at radius 2 is 2.14 bits per heavy atom. The minimum Gasteiger partial charge on any atom is -0.462 e. The molecule has 14 heavy (non-hydrogen) atoms. The Morgan fingerprint density at radius 3 is 2.71 bits per heavy atom. The van der Waals surface area contributed by atoms with Crippen molar-refractivity contribution in [1.29, 1.82) is 0 Å². The third kappa shape index (κ3) is 2.16. The summed E-state index contributed by atoms with van der Waals surface area (Å²) in [5, 5.41) is -0.200. The summed E-state index contributed by atoms with van der Waals surface area (Å²) >= 11 is 11.1. The number of halogens is 3. The van der Waals surface area contributed by atoms with Crippen molar-refractivity contribution in [3.63, 3.8) is 0 Å². The van der Waals surface area contributed by atoms with Gasteiger partial charge in [0.05, 0.1) is 22.2 Å². The van der Waals surface area contributed by atoms with Crippen molar-refractivity contribution in [2.75, 3.05) is 6.61 Å². The van der Waals surface area contributed by atoms with Crippen molar-refractivity contribution in [2.24, 2.45) is 0 Å². The normalized spacial score (nSPS) is 10.0. The first-order valence-corrected chi connectivity index (χ1v) is 4.64. The average Bonchev–Trinajstić information content (AvgIpc) is 2.15. The fraction of sp³-hybridized carbons (Fsp3) is 0.222. The zero-order chi connectivity index (χ0) is 10.7. The van der Waals surface area contributed by atoms with Gasteiger partial charge in [0.2, 0.25) is 0 Å². The van der Waals surface area contributed by atoms with Gasteiger partial charge in [-0.25, -0.2) is 9.18 Å². The van der Waals surface area contributed by atoms with Crippen molar-refractivity contribution < 1.29 is 13.9 Å². The van der Waals surface area contributed by atoms with Crippen LogP contribution < -0.4 is 0 Å². The highest BCUT2D eigenvalue weighted by atomic mass is 35.5. The van der Waals surface area contributed by atoms with Crippen LogP contribution in [0.4, 0.5) is 4.39 Å². The van der Waals surface area contributed by atoms with E-state index in [1.165, 1.54) is 12.1 Å². The standard InChI is InChI=1S/C9H7Cl2FO2/c1-2-14-9(13)5-3-4-6(10)7(11)8(5)12/h3-4H,2H2,1H3. The van der Waals surface area contributed by atoms with Gasteiger partial charge in [-0.05, 0) is 19.1 Å². The highest BCUT2D eigenvalue weighted by molar-refractivity contribution is 6.42. The van der Waals surface area contributed by atoms with Gasteiger partial charge in [-0.1, -0.05) is 23.2 Å². The average molecular weight is 237 g/mol. The molecule has 1 aromatic rings. The second-order valence-corrected chi connectivity index (χ2v) is 3.23. The number of benzene rings is 1. The van der Waals surface area contributed by atoms with E-state index in [4.69, 9.17) is 23.2 Å². The smallest absolute Gasteiger partial charge is 0.341 e. The topological polar surface area (TPSA) is 26.3 Å². The molecule has 0 unspecified atom stereocenters. The summed E-state index contributed by atoms with van der Waals surface area (Å²) < 4.78 is 17.9. The molecule has 1 aromatic carbocycles. The van der Waals surface area contributed by atoms with E-state index in [0.29, 0.717) is 0 Å². The zero-order valence-electron chi connectivity index (χ0n) is 7.31. The maximum atomic E-state index is 13.3. The summed E-state index contributed by atoms with van der Waals surface area (Å²) in [5.41, 5.74) is -0.207. The maximum Gasteiger partial charge on any atom is 0.341 e. The molecule has 0 aliphatic carbocycles. The van der Waals surface area contributed by atoms with E-state index in [2.05, 4.69) is 4.74 Å². The predicted octanol–water partition coefficient (Wildman–Crippen LogP) is 3.31. The summed E-state index contributed by atoms with van der Waals surface area (Å²) in [4.78, 5) is 11.2. The molecule has 0 spiro atoms.